The van der Waals surface area contributed by atoms with Crippen LogP contribution in [0.1, 0.15) is 115 Å². The molecule has 1 heterocycles. The lowest BCUT2D eigenvalue weighted by atomic mass is 9.82. The minimum atomic E-state index is 0.236. The van der Waals surface area contributed by atoms with Crippen molar-refractivity contribution in [1.29, 1.82) is 0 Å². The predicted molar refractivity (Wildman–Crippen MR) is 193 cm³/mol. The molecule has 4 rings (SSSR count). The maximum absolute atomic E-state index is 9.61. The molecule has 2 aliphatic carbocycles. The molecule has 244 valence electrons. The van der Waals surface area contributed by atoms with E-state index in [1.54, 1.807) is 16.7 Å². The minimum Gasteiger partial charge on any atom is -0.396 e. The Bertz CT molecular complexity index is 1290. The minimum absolute atomic E-state index is 0.236. The van der Waals surface area contributed by atoms with Crippen LogP contribution < -0.4 is 0 Å². The molecule has 1 aliphatic heterocycles. The lowest BCUT2D eigenvalue weighted by Gasteiger charge is -2.24. The van der Waals surface area contributed by atoms with Gasteiger partial charge in [-0.15, -0.1) is 0 Å². The van der Waals surface area contributed by atoms with Gasteiger partial charge in [-0.1, -0.05) is 85.2 Å². The first-order valence-electron chi connectivity index (χ1n) is 17.8. The topological polar surface area (TPSA) is 65.2 Å². The van der Waals surface area contributed by atoms with Crippen LogP contribution in [0.2, 0.25) is 0 Å². The molecule has 0 spiro atoms. The zero-order valence-electron chi connectivity index (χ0n) is 28.3. The van der Waals surface area contributed by atoms with Crippen LogP contribution in [0.15, 0.2) is 86.9 Å². The fourth-order valence-corrected chi connectivity index (χ4v) is 7.34. The van der Waals surface area contributed by atoms with Gasteiger partial charge in [-0.25, -0.2) is 0 Å². The smallest absolute Gasteiger partial charge is 0.0643 e. The summed E-state index contributed by atoms with van der Waals surface area (Å²) in [5.41, 5.74) is 11.5. The van der Waals surface area contributed by atoms with Gasteiger partial charge in [-0.05, 0) is 125 Å². The maximum atomic E-state index is 9.61. The summed E-state index contributed by atoms with van der Waals surface area (Å²) in [4.78, 5) is 10.2. The Morgan fingerprint density at radius 2 is 1.78 bits per heavy atom. The highest BCUT2D eigenvalue weighted by Crippen LogP contribution is 2.35. The van der Waals surface area contributed by atoms with E-state index in [0.717, 1.165) is 96.6 Å². The molecule has 4 heteroatoms. The van der Waals surface area contributed by atoms with Crippen LogP contribution in [0.25, 0.3) is 5.57 Å². The van der Waals surface area contributed by atoms with Gasteiger partial charge in [0.25, 0.3) is 0 Å². The van der Waals surface area contributed by atoms with E-state index in [1.807, 2.05) is 0 Å². The molecular weight excluding hydrogens is 552 g/mol. The van der Waals surface area contributed by atoms with Gasteiger partial charge < -0.3 is 10.2 Å². The summed E-state index contributed by atoms with van der Waals surface area (Å²) in [5.74, 6) is 1.38. The van der Waals surface area contributed by atoms with E-state index in [2.05, 4.69) is 81.6 Å². The second kappa shape index (κ2) is 19.0. The molecule has 1 aromatic rings. The second-order valence-corrected chi connectivity index (χ2v) is 13.4. The van der Waals surface area contributed by atoms with Crippen molar-refractivity contribution < 1.29 is 10.2 Å². The maximum Gasteiger partial charge on any atom is 0.0643 e. The predicted octanol–water partition coefficient (Wildman–Crippen LogP) is 9.79. The van der Waals surface area contributed by atoms with Crippen molar-refractivity contribution in [3.63, 3.8) is 0 Å². The number of benzene rings is 1. The van der Waals surface area contributed by atoms with E-state index in [-0.39, 0.29) is 13.2 Å². The van der Waals surface area contributed by atoms with E-state index in [0.29, 0.717) is 17.8 Å². The van der Waals surface area contributed by atoms with Gasteiger partial charge in [0.15, 0.2) is 0 Å². The standard InChI is InChI=1S/C41H58N2O2/c1-4-35-30-42-26-24-40-39(35)23-16-31(2)36(20-17-33(25-28-45)12-10-27-44)13-9-15-41(40)43-29-34-18-21-37(22-19-34)38-14-8-6-5-7-11-32(38)3/h5-8,14,18-19,21-22,30,32-33,35,44-45H,4,9-13,15-17,20,23-29H2,1-3H3. The molecule has 4 nitrogen and oxygen atoms in total. The molecule has 0 fully saturated rings. The lowest BCUT2D eigenvalue weighted by Crippen LogP contribution is -2.15. The first-order chi connectivity index (χ1) is 22.0. The van der Waals surface area contributed by atoms with Gasteiger partial charge >= 0.3 is 0 Å². The van der Waals surface area contributed by atoms with Crippen molar-refractivity contribution in [2.24, 2.45) is 27.7 Å². The Morgan fingerprint density at radius 3 is 2.56 bits per heavy atom. The van der Waals surface area contributed by atoms with Crippen LogP contribution in [-0.2, 0) is 6.54 Å². The molecule has 3 unspecified atom stereocenters. The molecule has 0 bridgehead atoms. The van der Waals surface area contributed by atoms with Gasteiger partial charge in [0.1, 0.15) is 0 Å². The third-order valence-electron chi connectivity index (χ3n) is 10.2. The summed E-state index contributed by atoms with van der Waals surface area (Å²) in [6.45, 7) is 9.02. The molecular formula is C41H58N2O2. The number of allylic oxidation sites excluding steroid dienone is 9. The first kappa shape index (κ1) is 35.0. The SMILES string of the molecule is CCC1C=NCCC2=C1CCC(C)=C(CCC(CCO)CCCO)CCCC2=NCc1ccc(C2=CC=CC=CCC2C)cc1. The van der Waals surface area contributed by atoms with E-state index < -0.39 is 0 Å². The number of aliphatic imine (C=N–C) groups is 2. The van der Waals surface area contributed by atoms with Gasteiger partial charge in [0.05, 0.1) is 6.54 Å². The third kappa shape index (κ3) is 10.6. The van der Waals surface area contributed by atoms with E-state index in [9.17, 15) is 10.2 Å². The fraction of sp³-hybridized carbons (Fsp3) is 0.561. The normalized spacial score (nSPS) is 23.0. The summed E-state index contributed by atoms with van der Waals surface area (Å²) in [5, 5.41) is 19.0. The Labute approximate surface area is 273 Å². The van der Waals surface area contributed by atoms with Crippen molar-refractivity contribution in [3.05, 3.63) is 88.1 Å². The number of nitrogens with zero attached hydrogens (tertiary/aromatic N) is 2. The van der Waals surface area contributed by atoms with Crippen LogP contribution >= 0.6 is 0 Å². The van der Waals surface area contributed by atoms with Crippen LogP contribution in [0, 0.1) is 17.8 Å². The molecule has 1 aromatic carbocycles. The second-order valence-electron chi connectivity index (χ2n) is 13.4. The monoisotopic (exact) mass is 610 g/mol. The van der Waals surface area contributed by atoms with Gasteiger partial charge in [-0.3, -0.25) is 9.98 Å². The van der Waals surface area contributed by atoms with E-state index in [1.165, 1.54) is 28.0 Å². The molecule has 45 heavy (non-hydrogen) atoms. The largest absolute Gasteiger partial charge is 0.396 e. The van der Waals surface area contributed by atoms with Crippen LogP contribution in [0.3, 0.4) is 0 Å². The van der Waals surface area contributed by atoms with Gasteiger partial charge in [-0.2, -0.15) is 0 Å². The van der Waals surface area contributed by atoms with E-state index in [4.69, 9.17) is 9.98 Å². The average molecular weight is 611 g/mol. The van der Waals surface area contributed by atoms with Crippen LogP contribution in [0.5, 0.6) is 0 Å². The molecule has 3 aliphatic rings. The van der Waals surface area contributed by atoms with Crippen molar-refractivity contribution >= 4 is 17.5 Å². The first-order valence-corrected chi connectivity index (χ1v) is 17.8. The summed E-state index contributed by atoms with van der Waals surface area (Å²) in [6.07, 6.45) is 26.6. The van der Waals surface area contributed by atoms with Crippen LogP contribution in [-0.4, -0.2) is 41.9 Å². The fourth-order valence-electron chi connectivity index (χ4n) is 7.34. The van der Waals surface area contributed by atoms with Crippen molar-refractivity contribution in [2.75, 3.05) is 19.8 Å². The summed E-state index contributed by atoms with van der Waals surface area (Å²) >= 11 is 0. The summed E-state index contributed by atoms with van der Waals surface area (Å²) < 4.78 is 0. The number of hydrogen-bond donors (Lipinski definition) is 2. The highest BCUT2D eigenvalue weighted by molar-refractivity contribution is 6.01. The Morgan fingerprint density at radius 1 is 0.933 bits per heavy atom. The molecule has 0 aromatic heterocycles. The Balaban J connectivity index is 1.54. The molecule has 0 saturated carbocycles. The number of hydrogen-bond acceptors (Lipinski definition) is 4. The lowest BCUT2D eigenvalue weighted by molar-refractivity contribution is 0.227. The molecule has 3 atom stereocenters. The van der Waals surface area contributed by atoms with Gasteiger partial charge in [0.2, 0.25) is 0 Å². The number of rotatable bonds is 12. The van der Waals surface area contributed by atoms with Gasteiger partial charge in [0, 0.05) is 37.6 Å². The molecule has 0 radical (unpaired) electrons. The highest BCUT2D eigenvalue weighted by Gasteiger charge is 2.23. The molecule has 2 N–H and O–H groups in total. The number of aliphatic hydroxyl groups is 2. The summed E-state index contributed by atoms with van der Waals surface area (Å²) in [7, 11) is 0. The van der Waals surface area contributed by atoms with Crippen molar-refractivity contribution in [1.82, 2.24) is 0 Å². The Hall–Kier alpha value is -2.82. The van der Waals surface area contributed by atoms with Crippen molar-refractivity contribution in [3.8, 4) is 0 Å². The zero-order valence-corrected chi connectivity index (χ0v) is 28.3. The molecule has 0 amide bonds. The number of aliphatic hydroxyl groups excluding tert-OH is 2. The zero-order chi connectivity index (χ0) is 31.9. The van der Waals surface area contributed by atoms with Crippen molar-refractivity contribution in [2.45, 2.75) is 111 Å². The average Bonchev–Trinajstić information content (AvgIpc) is 3.25. The van der Waals surface area contributed by atoms with E-state index >= 15 is 0 Å². The Kier molecular flexibility index (Phi) is 14.8. The summed E-state index contributed by atoms with van der Waals surface area (Å²) in [6, 6.07) is 9.11. The quantitative estimate of drug-likeness (QED) is 0.231. The molecule has 0 saturated heterocycles. The highest BCUT2D eigenvalue weighted by atomic mass is 16.3. The third-order valence-corrected chi connectivity index (χ3v) is 10.2. The van der Waals surface area contributed by atoms with Crippen LogP contribution in [0.4, 0.5) is 0 Å².